The molecule has 7 nitrogen and oxygen atoms in total. The highest BCUT2D eigenvalue weighted by molar-refractivity contribution is 6.07. The molecule has 0 amide bonds. The van der Waals surface area contributed by atoms with Gasteiger partial charge in [0.05, 0.1) is 19.1 Å². The van der Waals surface area contributed by atoms with Crippen molar-refractivity contribution in [3.05, 3.63) is 47.5 Å². The van der Waals surface area contributed by atoms with E-state index in [1.807, 2.05) is 24.3 Å². The molecule has 0 spiro atoms. The number of nitrogens with one attached hydrogen (secondary N) is 1. The molecule has 0 aliphatic heterocycles. The Morgan fingerprint density at radius 2 is 2.00 bits per heavy atom. The molecule has 130 valence electrons. The largest absolute Gasteiger partial charge is 0.497 e. The number of anilines is 1. The third kappa shape index (κ3) is 3.40. The molecule has 0 saturated heterocycles. The van der Waals surface area contributed by atoms with Gasteiger partial charge in [-0.2, -0.15) is 0 Å². The number of methoxy groups -OCH3 is 1. The third-order valence-corrected chi connectivity index (χ3v) is 3.76. The number of hydrogen-bond donors (Lipinski definition) is 1. The van der Waals surface area contributed by atoms with Crippen LogP contribution in [0.4, 0.5) is 5.82 Å². The van der Waals surface area contributed by atoms with Crippen molar-refractivity contribution < 1.29 is 18.7 Å². The third-order valence-electron chi connectivity index (χ3n) is 3.76. The van der Waals surface area contributed by atoms with Gasteiger partial charge in [-0.1, -0.05) is 12.1 Å². The van der Waals surface area contributed by atoms with Gasteiger partial charge >= 0.3 is 5.97 Å². The fraction of sp³-hybridized carbons (Fsp3) is 0.278. The molecule has 3 rings (SSSR count). The Balaban J connectivity index is 1.91. The van der Waals surface area contributed by atoms with Crippen molar-refractivity contribution in [1.82, 2.24) is 9.97 Å². The normalized spacial score (nSPS) is 10.7. The van der Waals surface area contributed by atoms with Crippen molar-refractivity contribution in [3.63, 3.8) is 0 Å². The van der Waals surface area contributed by atoms with E-state index in [1.54, 1.807) is 21.0 Å². The highest BCUT2D eigenvalue weighted by Crippen LogP contribution is 2.30. The number of ether oxygens (including phenoxy) is 2. The van der Waals surface area contributed by atoms with Crippen molar-refractivity contribution in [3.8, 4) is 5.75 Å². The van der Waals surface area contributed by atoms with Crippen LogP contribution in [0.1, 0.15) is 28.6 Å². The topological polar surface area (TPSA) is 86.5 Å². The highest BCUT2D eigenvalue weighted by atomic mass is 16.5. The predicted molar refractivity (Wildman–Crippen MR) is 92.8 cm³/mol. The Morgan fingerprint density at radius 3 is 2.68 bits per heavy atom. The summed E-state index contributed by atoms with van der Waals surface area (Å²) >= 11 is 0. The van der Waals surface area contributed by atoms with Gasteiger partial charge in [0.15, 0.2) is 0 Å². The molecule has 2 heterocycles. The molecule has 1 aromatic carbocycles. The van der Waals surface area contributed by atoms with E-state index < -0.39 is 5.97 Å². The molecular weight excluding hydrogens is 322 g/mol. The van der Waals surface area contributed by atoms with Crippen LogP contribution in [0, 0.1) is 6.92 Å². The van der Waals surface area contributed by atoms with Crippen LogP contribution in [0.5, 0.6) is 5.75 Å². The molecule has 0 unspecified atom stereocenters. The quantitative estimate of drug-likeness (QED) is 0.688. The van der Waals surface area contributed by atoms with Gasteiger partial charge in [-0.15, -0.1) is 0 Å². The van der Waals surface area contributed by atoms with Crippen LogP contribution in [0.3, 0.4) is 0 Å². The predicted octanol–water partition coefficient (Wildman–Crippen LogP) is 3.33. The van der Waals surface area contributed by atoms with Crippen LogP contribution < -0.4 is 10.1 Å². The molecule has 3 aromatic rings. The molecule has 25 heavy (non-hydrogen) atoms. The van der Waals surface area contributed by atoms with E-state index in [1.165, 1.54) is 6.33 Å². The number of fused-ring (bicyclic) bond motifs is 1. The summed E-state index contributed by atoms with van der Waals surface area (Å²) in [5.41, 5.74) is 1.76. The average molecular weight is 341 g/mol. The zero-order valence-electron chi connectivity index (χ0n) is 14.3. The van der Waals surface area contributed by atoms with Crippen LogP contribution >= 0.6 is 0 Å². The molecular formula is C18H19N3O4. The Labute approximate surface area is 145 Å². The summed E-state index contributed by atoms with van der Waals surface area (Å²) in [6.07, 6.45) is 1.40. The molecule has 0 saturated carbocycles. The van der Waals surface area contributed by atoms with Crippen LogP contribution in [0.2, 0.25) is 0 Å². The molecule has 2 aromatic heterocycles. The lowest BCUT2D eigenvalue weighted by Crippen LogP contribution is -2.08. The Kier molecular flexibility index (Phi) is 4.83. The smallest absolute Gasteiger partial charge is 0.342 e. The number of carbonyl (C=O) groups excluding carboxylic acids is 1. The standard InChI is InChI=1S/C18H19N3O4/c1-4-24-18(22)14-11(2)25-17-15(14)16(20-10-21-17)19-9-12-5-7-13(23-3)8-6-12/h5-8,10H,4,9H2,1-3H3,(H,19,20,21). The Bertz CT molecular complexity index is 887. The monoisotopic (exact) mass is 341 g/mol. The minimum Gasteiger partial charge on any atom is -0.497 e. The van der Waals surface area contributed by atoms with Gasteiger partial charge in [-0.25, -0.2) is 14.8 Å². The van der Waals surface area contributed by atoms with Gasteiger partial charge in [0, 0.05) is 6.54 Å². The molecule has 1 N–H and O–H groups in total. The summed E-state index contributed by atoms with van der Waals surface area (Å²) in [6, 6.07) is 7.69. The summed E-state index contributed by atoms with van der Waals surface area (Å²) in [4.78, 5) is 20.6. The van der Waals surface area contributed by atoms with Gasteiger partial charge in [-0.3, -0.25) is 0 Å². The van der Waals surface area contributed by atoms with Crippen molar-refractivity contribution >= 4 is 22.9 Å². The van der Waals surface area contributed by atoms with Crippen molar-refractivity contribution in [1.29, 1.82) is 0 Å². The molecule has 0 aliphatic rings. The summed E-state index contributed by atoms with van der Waals surface area (Å²) in [6.45, 7) is 4.28. The number of aryl methyl sites for hydroxylation is 1. The number of hydrogen-bond acceptors (Lipinski definition) is 7. The molecule has 0 atom stereocenters. The van der Waals surface area contributed by atoms with E-state index >= 15 is 0 Å². The number of nitrogens with zero attached hydrogens (tertiary/aromatic N) is 2. The second-order valence-electron chi connectivity index (χ2n) is 5.36. The number of aromatic nitrogens is 2. The van der Waals surface area contributed by atoms with E-state index in [0.29, 0.717) is 34.8 Å². The summed E-state index contributed by atoms with van der Waals surface area (Å²) in [7, 11) is 1.63. The summed E-state index contributed by atoms with van der Waals surface area (Å²) in [5.74, 6) is 1.34. The SMILES string of the molecule is CCOC(=O)c1c(C)oc2ncnc(NCc3ccc(OC)cc3)c12. The minimum atomic E-state index is -0.443. The van der Waals surface area contributed by atoms with E-state index in [-0.39, 0.29) is 6.61 Å². The molecule has 0 bridgehead atoms. The second kappa shape index (κ2) is 7.21. The summed E-state index contributed by atoms with van der Waals surface area (Å²) < 4.78 is 15.9. The van der Waals surface area contributed by atoms with Crippen LogP contribution in [-0.4, -0.2) is 29.7 Å². The Hall–Kier alpha value is -3.09. The minimum absolute atomic E-state index is 0.285. The van der Waals surface area contributed by atoms with E-state index in [0.717, 1.165) is 11.3 Å². The van der Waals surface area contributed by atoms with Gasteiger partial charge in [0.2, 0.25) is 5.71 Å². The van der Waals surface area contributed by atoms with E-state index in [9.17, 15) is 4.79 Å². The maximum atomic E-state index is 12.3. The Morgan fingerprint density at radius 1 is 1.24 bits per heavy atom. The molecule has 0 radical (unpaired) electrons. The second-order valence-corrected chi connectivity index (χ2v) is 5.36. The number of rotatable bonds is 6. The number of esters is 1. The lowest BCUT2D eigenvalue weighted by molar-refractivity contribution is 0.0526. The maximum Gasteiger partial charge on any atom is 0.342 e. The maximum absolute atomic E-state index is 12.3. The molecule has 0 fully saturated rings. The fourth-order valence-electron chi connectivity index (χ4n) is 2.56. The lowest BCUT2D eigenvalue weighted by Gasteiger charge is -2.08. The van der Waals surface area contributed by atoms with Gasteiger partial charge in [0.25, 0.3) is 0 Å². The first-order chi connectivity index (χ1) is 12.1. The molecule has 0 aliphatic carbocycles. The van der Waals surface area contributed by atoms with E-state index in [4.69, 9.17) is 13.9 Å². The fourth-order valence-corrected chi connectivity index (χ4v) is 2.56. The number of carbonyl (C=O) groups is 1. The zero-order valence-corrected chi connectivity index (χ0v) is 14.3. The van der Waals surface area contributed by atoms with Gasteiger partial charge in [0.1, 0.15) is 29.2 Å². The van der Waals surface area contributed by atoms with Gasteiger partial charge < -0.3 is 19.2 Å². The van der Waals surface area contributed by atoms with Crippen molar-refractivity contribution in [2.75, 3.05) is 19.0 Å². The van der Waals surface area contributed by atoms with Crippen LogP contribution in [0.25, 0.3) is 11.1 Å². The van der Waals surface area contributed by atoms with Crippen LogP contribution in [-0.2, 0) is 11.3 Å². The first kappa shape index (κ1) is 16.8. The first-order valence-electron chi connectivity index (χ1n) is 7.92. The number of benzene rings is 1. The van der Waals surface area contributed by atoms with E-state index in [2.05, 4.69) is 15.3 Å². The van der Waals surface area contributed by atoms with Crippen molar-refractivity contribution in [2.45, 2.75) is 20.4 Å². The van der Waals surface area contributed by atoms with Crippen molar-refractivity contribution in [2.24, 2.45) is 0 Å². The summed E-state index contributed by atoms with van der Waals surface area (Å²) in [5, 5.41) is 3.77. The zero-order chi connectivity index (χ0) is 17.8. The van der Waals surface area contributed by atoms with Gasteiger partial charge in [-0.05, 0) is 31.5 Å². The average Bonchev–Trinajstić information content (AvgIpc) is 2.97. The number of furan rings is 1. The van der Waals surface area contributed by atoms with Crippen LogP contribution in [0.15, 0.2) is 35.0 Å². The first-order valence-corrected chi connectivity index (χ1v) is 7.92. The lowest BCUT2D eigenvalue weighted by atomic mass is 10.1. The highest BCUT2D eigenvalue weighted by Gasteiger charge is 2.23. The molecule has 7 heteroatoms.